The van der Waals surface area contributed by atoms with Crippen LogP contribution in [0.3, 0.4) is 0 Å². The Morgan fingerprint density at radius 3 is 2.59 bits per heavy atom. The van der Waals surface area contributed by atoms with Gasteiger partial charge in [-0.3, -0.25) is 4.79 Å². The second-order valence-electron chi connectivity index (χ2n) is 4.31. The molecule has 0 saturated heterocycles. The van der Waals surface area contributed by atoms with E-state index in [1.807, 2.05) is 13.8 Å². The molecule has 5 nitrogen and oxygen atoms in total. The van der Waals surface area contributed by atoms with Crippen molar-refractivity contribution in [2.24, 2.45) is 5.73 Å². The molecule has 0 aromatic rings. The van der Waals surface area contributed by atoms with Gasteiger partial charge in [-0.05, 0) is 33.1 Å². The van der Waals surface area contributed by atoms with Crippen LogP contribution in [-0.4, -0.2) is 44.9 Å². The fraction of sp³-hybridized carbons (Fsp3) is 0.917. The fourth-order valence-electron chi connectivity index (χ4n) is 1.31. The van der Waals surface area contributed by atoms with Crippen molar-refractivity contribution in [1.82, 2.24) is 5.32 Å². The molecule has 0 aliphatic carbocycles. The molecule has 1 atom stereocenters. The predicted molar refractivity (Wildman–Crippen MR) is 67.8 cm³/mol. The van der Waals surface area contributed by atoms with Crippen molar-refractivity contribution >= 4 is 5.91 Å². The Morgan fingerprint density at radius 2 is 2.00 bits per heavy atom. The summed E-state index contributed by atoms with van der Waals surface area (Å²) < 4.78 is 10.3. The van der Waals surface area contributed by atoms with Crippen LogP contribution < -0.4 is 11.1 Å². The van der Waals surface area contributed by atoms with E-state index in [9.17, 15) is 4.79 Å². The maximum absolute atomic E-state index is 11.5. The van der Waals surface area contributed by atoms with Gasteiger partial charge in [0.15, 0.2) is 0 Å². The summed E-state index contributed by atoms with van der Waals surface area (Å²) in [6, 6.07) is -0.434. The minimum atomic E-state index is -0.434. The van der Waals surface area contributed by atoms with Crippen LogP contribution in [0, 0.1) is 0 Å². The van der Waals surface area contributed by atoms with Crippen molar-refractivity contribution in [3.05, 3.63) is 0 Å². The molecule has 0 fully saturated rings. The molecule has 0 spiro atoms. The van der Waals surface area contributed by atoms with Crippen LogP contribution in [0.4, 0.5) is 0 Å². The first kappa shape index (κ1) is 16.4. The van der Waals surface area contributed by atoms with E-state index in [1.54, 1.807) is 7.11 Å². The minimum absolute atomic E-state index is 0.0920. The number of hydrogen-bond donors (Lipinski definition) is 2. The lowest BCUT2D eigenvalue weighted by molar-refractivity contribution is -0.122. The summed E-state index contributed by atoms with van der Waals surface area (Å²) in [4.78, 5) is 11.5. The molecular weight excluding hydrogens is 220 g/mol. The number of carbonyl (C=O) groups excluding carboxylic acids is 1. The van der Waals surface area contributed by atoms with Crippen LogP contribution in [0.25, 0.3) is 0 Å². The summed E-state index contributed by atoms with van der Waals surface area (Å²) in [6.45, 7) is 5.90. The zero-order valence-corrected chi connectivity index (χ0v) is 11.2. The van der Waals surface area contributed by atoms with E-state index in [0.717, 1.165) is 12.8 Å². The second kappa shape index (κ2) is 10.5. The molecule has 0 saturated carbocycles. The zero-order valence-electron chi connectivity index (χ0n) is 11.2. The van der Waals surface area contributed by atoms with Gasteiger partial charge in [0.1, 0.15) is 0 Å². The lowest BCUT2D eigenvalue weighted by Crippen LogP contribution is -2.41. The molecule has 1 amide bonds. The average molecular weight is 246 g/mol. The molecule has 3 N–H and O–H groups in total. The number of carbonyl (C=O) groups is 1. The van der Waals surface area contributed by atoms with Gasteiger partial charge in [0.2, 0.25) is 5.91 Å². The van der Waals surface area contributed by atoms with Crippen molar-refractivity contribution in [3.8, 4) is 0 Å². The standard InChI is InChI=1S/C12H26N2O3/c1-10(2)17-9-5-7-14-12(15)11(13)6-4-8-16-3/h10-11H,4-9,13H2,1-3H3,(H,14,15). The Kier molecular flexibility index (Phi) is 10.1. The number of amides is 1. The first-order valence-corrected chi connectivity index (χ1v) is 6.21. The van der Waals surface area contributed by atoms with E-state index in [2.05, 4.69) is 5.32 Å². The number of methoxy groups -OCH3 is 1. The van der Waals surface area contributed by atoms with E-state index < -0.39 is 6.04 Å². The fourth-order valence-corrected chi connectivity index (χ4v) is 1.31. The van der Waals surface area contributed by atoms with E-state index in [4.69, 9.17) is 15.2 Å². The molecule has 1 unspecified atom stereocenters. The molecule has 0 aliphatic heterocycles. The summed E-state index contributed by atoms with van der Waals surface area (Å²) in [5.74, 6) is -0.0920. The Labute approximate surface area is 104 Å². The van der Waals surface area contributed by atoms with E-state index in [0.29, 0.717) is 26.2 Å². The highest BCUT2D eigenvalue weighted by atomic mass is 16.5. The summed E-state index contributed by atoms with van der Waals surface area (Å²) in [5, 5.41) is 2.80. The largest absolute Gasteiger partial charge is 0.385 e. The van der Waals surface area contributed by atoms with Gasteiger partial charge >= 0.3 is 0 Å². The average Bonchev–Trinajstić information content (AvgIpc) is 2.28. The third-order valence-corrected chi connectivity index (χ3v) is 2.27. The molecule has 0 bridgehead atoms. The SMILES string of the molecule is COCCCC(N)C(=O)NCCCOC(C)C. The van der Waals surface area contributed by atoms with Gasteiger partial charge in [-0.25, -0.2) is 0 Å². The number of rotatable bonds is 10. The molecule has 0 aromatic heterocycles. The van der Waals surface area contributed by atoms with Crippen molar-refractivity contribution in [3.63, 3.8) is 0 Å². The Hall–Kier alpha value is -0.650. The van der Waals surface area contributed by atoms with Crippen LogP contribution in [0.2, 0.25) is 0 Å². The third-order valence-electron chi connectivity index (χ3n) is 2.27. The van der Waals surface area contributed by atoms with Gasteiger partial charge in [-0.2, -0.15) is 0 Å². The molecule has 5 heteroatoms. The van der Waals surface area contributed by atoms with Crippen LogP contribution in [0.1, 0.15) is 33.1 Å². The van der Waals surface area contributed by atoms with Crippen molar-refractivity contribution in [2.45, 2.75) is 45.3 Å². The highest BCUT2D eigenvalue weighted by molar-refractivity contribution is 5.81. The quantitative estimate of drug-likeness (QED) is 0.556. The number of nitrogens with one attached hydrogen (secondary N) is 1. The monoisotopic (exact) mass is 246 g/mol. The topological polar surface area (TPSA) is 73.6 Å². The summed E-state index contributed by atoms with van der Waals surface area (Å²) >= 11 is 0. The third kappa shape index (κ3) is 10.2. The molecule has 102 valence electrons. The summed E-state index contributed by atoms with van der Waals surface area (Å²) in [5.41, 5.74) is 5.72. The van der Waals surface area contributed by atoms with Gasteiger partial charge in [-0.15, -0.1) is 0 Å². The van der Waals surface area contributed by atoms with Gasteiger partial charge in [0, 0.05) is 26.9 Å². The van der Waals surface area contributed by atoms with E-state index in [-0.39, 0.29) is 12.0 Å². The molecule has 0 radical (unpaired) electrons. The van der Waals surface area contributed by atoms with Gasteiger partial charge in [0.05, 0.1) is 12.1 Å². The van der Waals surface area contributed by atoms with Crippen molar-refractivity contribution in [2.75, 3.05) is 26.9 Å². The van der Waals surface area contributed by atoms with Gasteiger partial charge in [-0.1, -0.05) is 0 Å². The van der Waals surface area contributed by atoms with Crippen LogP contribution in [-0.2, 0) is 14.3 Å². The lowest BCUT2D eigenvalue weighted by Gasteiger charge is -2.12. The first-order chi connectivity index (χ1) is 8.07. The van der Waals surface area contributed by atoms with Crippen LogP contribution in [0.15, 0.2) is 0 Å². The zero-order chi connectivity index (χ0) is 13.1. The molecule has 17 heavy (non-hydrogen) atoms. The smallest absolute Gasteiger partial charge is 0.236 e. The maximum atomic E-state index is 11.5. The number of nitrogens with two attached hydrogens (primary N) is 1. The maximum Gasteiger partial charge on any atom is 0.236 e. The highest BCUT2D eigenvalue weighted by Gasteiger charge is 2.11. The van der Waals surface area contributed by atoms with E-state index in [1.165, 1.54) is 0 Å². The number of hydrogen-bond acceptors (Lipinski definition) is 4. The molecular formula is C12H26N2O3. The molecule has 0 aliphatic rings. The van der Waals surface area contributed by atoms with Crippen molar-refractivity contribution in [1.29, 1.82) is 0 Å². The first-order valence-electron chi connectivity index (χ1n) is 6.21. The molecule has 0 aromatic carbocycles. The van der Waals surface area contributed by atoms with Gasteiger partial charge in [0.25, 0.3) is 0 Å². The Morgan fingerprint density at radius 1 is 1.29 bits per heavy atom. The van der Waals surface area contributed by atoms with Crippen LogP contribution >= 0.6 is 0 Å². The number of ether oxygens (including phenoxy) is 2. The minimum Gasteiger partial charge on any atom is -0.385 e. The highest BCUT2D eigenvalue weighted by Crippen LogP contribution is 1.95. The predicted octanol–water partition coefficient (Wildman–Crippen LogP) is 0.672. The molecule has 0 heterocycles. The van der Waals surface area contributed by atoms with E-state index >= 15 is 0 Å². The Balaban J connectivity index is 3.44. The van der Waals surface area contributed by atoms with Crippen LogP contribution in [0.5, 0.6) is 0 Å². The Bertz CT molecular complexity index is 198. The molecule has 0 rings (SSSR count). The second-order valence-corrected chi connectivity index (χ2v) is 4.31. The summed E-state index contributed by atoms with van der Waals surface area (Å²) in [7, 11) is 1.64. The van der Waals surface area contributed by atoms with Gasteiger partial charge < -0.3 is 20.5 Å². The van der Waals surface area contributed by atoms with Crippen molar-refractivity contribution < 1.29 is 14.3 Å². The lowest BCUT2D eigenvalue weighted by atomic mass is 10.1. The normalized spacial score (nSPS) is 12.8. The summed E-state index contributed by atoms with van der Waals surface area (Å²) in [6.07, 6.45) is 2.51.